The van der Waals surface area contributed by atoms with Crippen molar-refractivity contribution in [1.29, 1.82) is 0 Å². The van der Waals surface area contributed by atoms with Crippen molar-refractivity contribution in [2.75, 3.05) is 7.05 Å². The summed E-state index contributed by atoms with van der Waals surface area (Å²) in [6.45, 7) is 9.21. The van der Waals surface area contributed by atoms with Gasteiger partial charge in [-0.2, -0.15) is 0 Å². The van der Waals surface area contributed by atoms with E-state index < -0.39 is 35.6 Å². The summed E-state index contributed by atoms with van der Waals surface area (Å²) in [6, 6.07) is 13.0. The summed E-state index contributed by atoms with van der Waals surface area (Å²) in [6.07, 6.45) is -0.974. The molecule has 2 aromatic carbocycles. The van der Waals surface area contributed by atoms with Crippen molar-refractivity contribution >= 4 is 23.8 Å². The number of nitrogens with two attached hydrogens (primary N) is 1. The molecule has 4 amide bonds. The van der Waals surface area contributed by atoms with Gasteiger partial charge < -0.3 is 26.0 Å². The van der Waals surface area contributed by atoms with E-state index in [0.717, 1.165) is 16.7 Å². The highest BCUT2D eigenvalue weighted by atomic mass is 16.6. The van der Waals surface area contributed by atoms with E-state index >= 15 is 0 Å². The molecule has 9 nitrogen and oxygen atoms in total. The Labute approximate surface area is 218 Å². The Kier molecular flexibility index (Phi) is 10.2. The Morgan fingerprint density at radius 2 is 1.68 bits per heavy atom. The van der Waals surface area contributed by atoms with Crippen LogP contribution in [0, 0.1) is 13.8 Å². The van der Waals surface area contributed by atoms with Crippen molar-refractivity contribution in [1.82, 2.24) is 15.5 Å². The summed E-state index contributed by atoms with van der Waals surface area (Å²) >= 11 is 0. The molecule has 2 rings (SSSR count). The molecule has 2 aromatic rings. The van der Waals surface area contributed by atoms with Crippen LogP contribution in [0.5, 0.6) is 0 Å². The molecule has 0 aromatic heterocycles. The number of likely N-dealkylation sites (N-methyl/N-ethyl adjacent to an activating group) is 1. The van der Waals surface area contributed by atoms with Crippen LogP contribution in [0.25, 0.3) is 0 Å². The van der Waals surface area contributed by atoms with Crippen LogP contribution in [0.4, 0.5) is 4.79 Å². The lowest BCUT2D eigenvalue weighted by Crippen LogP contribution is -2.52. The third-order valence-electron chi connectivity index (χ3n) is 5.68. The van der Waals surface area contributed by atoms with Gasteiger partial charge in [0.05, 0.1) is 0 Å². The second-order valence-corrected chi connectivity index (χ2v) is 10.1. The van der Waals surface area contributed by atoms with Crippen LogP contribution in [0.15, 0.2) is 48.5 Å². The minimum atomic E-state index is -1.12. The molecule has 0 heterocycles. The second kappa shape index (κ2) is 12.9. The fourth-order valence-corrected chi connectivity index (χ4v) is 3.91. The molecule has 200 valence electrons. The van der Waals surface area contributed by atoms with Crippen LogP contribution in [0.3, 0.4) is 0 Å². The van der Waals surface area contributed by atoms with E-state index in [1.54, 1.807) is 20.8 Å². The first kappa shape index (κ1) is 29.4. The first-order chi connectivity index (χ1) is 17.3. The first-order valence-electron chi connectivity index (χ1n) is 12.2. The van der Waals surface area contributed by atoms with Crippen molar-refractivity contribution < 1.29 is 23.9 Å². The number of alkyl carbamates (subject to hydrolysis) is 1. The molecule has 0 saturated heterocycles. The molecule has 0 aliphatic rings. The van der Waals surface area contributed by atoms with Gasteiger partial charge in [-0.05, 0) is 57.7 Å². The molecule has 4 N–H and O–H groups in total. The van der Waals surface area contributed by atoms with Crippen LogP contribution >= 0.6 is 0 Å². The minimum absolute atomic E-state index is 0.0387. The predicted octanol–water partition coefficient (Wildman–Crippen LogP) is 3.28. The van der Waals surface area contributed by atoms with Crippen LogP contribution in [0.2, 0.25) is 0 Å². The van der Waals surface area contributed by atoms with E-state index in [1.165, 1.54) is 11.9 Å². The van der Waals surface area contributed by atoms with Crippen molar-refractivity contribution in [3.8, 4) is 0 Å². The van der Waals surface area contributed by atoms with Gasteiger partial charge in [-0.15, -0.1) is 0 Å². The van der Waals surface area contributed by atoms with Gasteiger partial charge in [-0.25, -0.2) is 4.79 Å². The zero-order valence-corrected chi connectivity index (χ0v) is 22.5. The van der Waals surface area contributed by atoms with E-state index in [2.05, 4.69) is 10.6 Å². The van der Waals surface area contributed by atoms with Gasteiger partial charge in [-0.3, -0.25) is 14.4 Å². The molecule has 0 bridgehead atoms. The first-order valence-corrected chi connectivity index (χ1v) is 12.2. The minimum Gasteiger partial charge on any atom is -0.444 e. The monoisotopic (exact) mass is 510 g/mol. The molecule has 37 heavy (non-hydrogen) atoms. The lowest BCUT2D eigenvalue weighted by atomic mass is 9.96. The molecule has 0 aliphatic carbocycles. The summed E-state index contributed by atoms with van der Waals surface area (Å²) in [5.74, 6) is -1.54. The number of carbonyl (C=O) groups is 4. The smallest absolute Gasteiger partial charge is 0.408 e. The highest BCUT2D eigenvalue weighted by Crippen LogP contribution is 2.26. The number of ether oxygens (including phenoxy) is 1. The lowest BCUT2D eigenvalue weighted by molar-refractivity contribution is -0.141. The number of benzene rings is 2. The number of hydrogen-bond donors (Lipinski definition) is 3. The maximum absolute atomic E-state index is 13.7. The molecule has 0 aliphatic heterocycles. The molecule has 9 heteroatoms. The van der Waals surface area contributed by atoms with Crippen LogP contribution in [0.1, 0.15) is 61.9 Å². The predicted molar refractivity (Wildman–Crippen MR) is 141 cm³/mol. The van der Waals surface area contributed by atoms with Crippen molar-refractivity contribution in [3.05, 3.63) is 70.8 Å². The van der Waals surface area contributed by atoms with Gasteiger partial charge in [-0.1, -0.05) is 54.1 Å². The van der Waals surface area contributed by atoms with Crippen LogP contribution in [-0.2, 0) is 25.7 Å². The molecule has 0 fully saturated rings. The van der Waals surface area contributed by atoms with E-state index in [9.17, 15) is 19.2 Å². The van der Waals surface area contributed by atoms with Crippen LogP contribution < -0.4 is 16.4 Å². The molecular weight excluding hydrogens is 472 g/mol. The lowest BCUT2D eigenvalue weighted by Gasteiger charge is -2.32. The molecule has 0 saturated carbocycles. The maximum Gasteiger partial charge on any atom is 0.408 e. The Bertz CT molecular complexity index is 1110. The summed E-state index contributed by atoms with van der Waals surface area (Å²) < 4.78 is 5.30. The Morgan fingerprint density at radius 1 is 1.03 bits per heavy atom. The number of carbonyl (C=O) groups excluding carboxylic acids is 4. The standard InChI is InChI=1S/C28H38N4O5/c1-18-12-13-21(19(2)16-18)24(25(34)30-17-20-10-8-7-9-11-20)32(6)26(35)22(14-15-23(29)33)31-27(36)37-28(3,4)5/h7-13,16,22,24H,14-15,17H2,1-6H3,(H2,29,33)(H,30,34)(H,31,36). The summed E-state index contributed by atoms with van der Waals surface area (Å²) in [4.78, 5) is 52.4. The quantitative estimate of drug-likeness (QED) is 0.452. The zero-order chi connectivity index (χ0) is 27.8. The van der Waals surface area contributed by atoms with E-state index in [4.69, 9.17) is 10.5 Å². The highest BCUT2D eigenvalue weighted by Gasteiger charge is 2.34. The summed E-state index contributed by atoms with van der Waals surface area (Å²) in [7, 11) is 1.50. The van der Waals surface area contributed by atoms with Gasteiger partial charge in [0.15, 0.2) is 0 Å². The molecule has 2 atom stereocenters. The average Bonchev–Trinajstić information content (AvgIpc) is 2.80. The number of nitrogens with one attached hydrogen (secondary N) is 2. The van der Waals surface area contributed by atoms with Gasteiger partial charge in [0.25, 0.3) is 0 Å². The van der Waals surface area contributed by atoms with Gasteiger partial charge in [0.2, 0.25) is 17.7 Å². The molecule has 0 radical (unpaired) electrons. The Balaban J connectivity index is 2.36. The van der Waals surface area contributed by atoms with Crippen LogP contribution in [-0.4, -0.2) is 47.4 Å². The highest BCUT2D eigenvalue weighted by molar-refractivity contribution is 5.92. The Morgan fingerprint density at radius 3 is 2.24 bits per heavy atom. The molecular formula is C28H38N4O5. The topological polar surface area (TPSA) is 131 Å². The van der Waals surface area contributed by atoms with E-state index in [-0.39, 0.29) is 25.3 Å². The largest absolute Gasteiger partial charge is 0.444 e. The van der Waals surface area contributed by atoms with Gasteiger partial charge in [0, 0.05) is 20.0 Å². The zero-order valence-electron chi connectivity index (χ0n) is 22.5. The number of rotatable bonds is 10. The van der Waals surface area contributed by atoms with Gasteiger partial charge in [0.1, 0.15) is 17.7 Å². The normalized spacial score (nSPS) is 12.7. The van der Waals surface area contributed by atoms with Crippen molar-refractivity contribution in [3.63, 3.8) is 0 Å². The summed E-state index contributed by atoms with van der Waals surface area (Å²) in [5, 5.41) is 5.46. The Hall–Kier alpha value is -3.88. The van der Waals surface area contributed by atoms with Crippen molar-refractivity contribution in [2.45, 2.75) is 71.7 Å². The fourth-order valence-electron chi connectivity index (χ4n) is 3.91. The molecule has 0 spiro atoms. The SMILES string of the molecule is Cc1ccc(C(C(=O)NCc2ccccc2)N(C)C(=O)C(CCC(N)=O)NC(=O)OC(C)(C)C)c(C)c1. The van der Waals surface area contributed by atoms with Gasteiger partial charge >= 0.3 is 6.09 Å². The average molecular weight is 511 g/mol. The maximum atomic E-state index is 13.7. The number of amides is 4. The number of aryl methyl sites for hydroxylation is 2. The molecule has 2 unspecified atom stereocenters. The van der Waals surface area contributed by atoms with E-state index in [1.807, 2.05) is 62.4 Å². The number of primary amides is 1. The van der Waals surface area contributed by atoms with E-state index in [0.29, 0.717) is 5.56 Å². The summed E-state index contributed by atoms with van der Waals surface area (Å²) in [5.41, 5.74) is 7.94. The second-order valence-electron chi connectivity index (χ2n) is 10.1. The fraction of sp³-hybridized carbons (Fsp3) is 0.429. The third-order valence-corrected chi connectivity index (χ3v) is 5.68. The number of nitrogens with zero attached hydrogens (tertiary/aromatic N) is 1. The third kappa shape index (κ3) is 9.25. The van der Waals surface area contributed by atoms with Crippen molar-refractivity contribution in [2.24, 2.45) is 5.73 Å². The number of hydrogen-bond acceptors (Lipinski definition) is 5.